The van der Waals surface area contributed by atoms with Gasteiger partial charge in [0.2, 0.25) is 5.91 Å². The number of carbonyl (C=O) groups is 2. The molecule has 0 aromatic heterocycles. The van der Waals surface area contributed by atoms with Crippen molar-refractivity contribution in [3.05, 3.63) is 29.8 Å². The van der Waals surface area contributed by atoms with Crippen LogP contribution in [0.25, 0.3) is 0 Å². The van der Waals surface area contributed by atoms with Crippen LogP contribution >= 0.6 is 0 Å². The molecule has 112 valence electrons. The molecular weight excluding hydrogens is 266 g/mol. The molecule has 1 aliphatic heterocycles. The third-order valence-electron chi connectivity index (χ3n) is 4.20. The van der Waals surface area contributed by atoms with Gasteiger partial charge >= 0.3 is 0 Å². The zero-order chi connectivity index (χ0) is 14.9. The fraction of sp³-hybridized carbons (Fsp3) is 0.500. The van der Waals surface area contributed by atoms with Crippen molar-refractivity contribution < 1.29 is 9.59 Å². The van der Waals surface area contributed by atoms with Gasteiger partial charge in [-0.2, -0.15) is 0 Å². The first-order valence-corrected chi connectivity index (χ1v) is 7.55. The van der Waals surface area contributed by atoms with E-state index in [-0.39, 0.29) is 11.8 Å². The molecule has 5 heteroatoms. The van der Waals surface area contributed by atoms with E-state index in [1.165, 1.54) is 0 Å². The van der Waals surface area contributed by atoms with E-state index in [2.05, 4.69) is 16.0 Å². The molecule has 1 aliphatic carbocycles. The van der Waals surface area contributed by atoms with Crippen LogP contribution in [0.15, 0.2) is 24.3 Å². The summed E-state index contributed by atoms with van der Waals surface area (Å²) in [5, 5.41) is 9.09. The highest BCUT2D eigenvalue weighted by molar-refractivity contribution is 6.06. The summed E-state index contributed by atoms with van der Waals surface area (Å²) in [7, 11) is 0. The van der Waals surface area contributed by atoms with E-state index in [4.69, 9.17) is 0 Å². The summed E-state index contributed by atoms with van der Waals surface area (Å²) < 4.78 is 0. The fourth-order valence-corrected chi connectivity index (χ4v) is 2.63. The first-order valence-electron chi connectivity index (χ1n) is 7.55. The second-order valence-corrected chi connectivity index (χ2v) is 6.11. The van der Waals surface area contributed by atoms with Gasteiger partial charge in [-0.1, -0.05) is 12.1 Å². The molecule has 1 saturated carbocycles. The Bertz CT molecular complexity index is 560. The lowest BCUT2D eigenvalue weighted by Gasteiger charge is -2.23. The highest BCUT2D eigenvalue weighted by Gasteiger charge is 2.36. The summed E-state index contributed by atoms with van der Waals surface area (Å²) in [4.78, 5) is 24.7. The van der Waals surface area contributed by atoms with Crippen LogP contribution in [0.3, 0.4) is 0 Å². The molecule has 2 amide bonds. The molecular formula is C16H21N3O2. The number of hydrogen-bond donors (Lipinski definition) is 3. The molecule has 0 spiro atoms. The SMILES string of the molecule is CC1(C(=O)Nc2ccccc2C(=O)NC2CC2)CCCN1. The van der Waals surface area contributed by atoms with Gasteiger partial charge in [0.1, 0.15) is 0 Å². The van der Waals surface area contributed by atoms with E-state index in [0.717, 1.165) is 32.2 Å². The normalized spacial score (nSPS) is 24.6. The Morgan fingerprint density at radius 3 is 2.71 bits per heavy atom. The lowest BCUT2D eigenvalue weighted by molar-refractivity contribution is -0.121. The van der Waals surface area contributed by atoms with Crippen LogP contribution in [0, 0.1) is 0 Å². The van der Waals surface area contributed by atoms with Crippen LogP contribution in [0.1, 0.15) is 43.0 Å². The molecule has 2 fully saturated rings. The Morgan fingerprint density at radius 2 is 2.05 bits per heavy atom. The number of para-hydroxylation sites is 1. The molecule has 0 bridgehead atoms. The number of benzene rings is 1. The maximum Gasteiger partial charge on any atom is 0.253 e. The van der Waals surface area contributed by atoms with Crippen LogP contribution in [-0.2, 0) is 4.79 Å². The minimum Gasteiger partial charge on any atom is -0.349 e. The monoisotopic (exact) mass is 287 g/mol. The summed E-state index contributed by atoms with van der Waals surface area (Å²) in [5.74, 6) is -0.190. The largest absolute Gasteiger partial charge is 0.349 e. The minimum atomic E-state index is -0.542. The molecule has 1 aromatic carbocycles. The van der Waals surface area contributed by atoms with Crippen molar-refractivity contribution >= 4 is 17.5 Å². The van der Waals surface area contributed by atoms with Crippen LogP contribution in [0.4, 0.5) is 5.69 Å². The molecule has 3 rings (SSSR count). The zero-order valence-electron chi connectivity index (χ0n) is 12.2. The number of rotatable bonds is 4. The average Bonchev–Trinajstić information content (AvgIpc) is 3.17. The quantitative estimate of drug-likeness (QED) is 0.789. The molecule has 0 radical (unpaired) electrons. The van der Waals surface area contributed by atoms with Crippen LogP contribution in [-0.4, -0.2) is 29.9 Å². The molecule has 1 unspecified atom stereocenters. The Kier molecular flexibility index (Phi) is 3.68. The van der Waals surface area contributed by atoms with Crippen molar-refractivity contribution in [2.24, 2.45) is 0 Å². The number of carbonyl (C=O) groups excluding carboxylic acids is 2. The van der Waals surface area contributed by atoms with E-state index in [1.54, 1.807) is 12.1 Å². The molecule has 1 aromatic rings. The summed E-state index contributed by atoms with van der Waals surface area (Å²) in [6.07, 6.45) is 3.90. The predicted octanol–water partition coefficient (Wildman–Crippen LogP) is 1.66. The smallest absolute Gasteiger partial charge is 0.253 e. The van der Waals surface area contributed by atoms with Gasteiger partial charge in [-0.25, -0.2) is 0 Å². The first-order chi connectivity index (χ1) is 10.1. The van der Waals surface area contributed by atoms with Crippen LogP contribution in [0.5, 0.6) is 0 Å². The zero-order valence-corrected chi connectivity index (χ0v) is 12.2. The molecule has 5 nitrogen and oxygen atoms in total. The average molecular weight is 287 g/mol. The number of amides is 2. The van der Waals surface area contributed by atoms with Crippen molar-refractivity contribution in [2.45, 2.75) is 44.2 Å². The van der Waals surface area contributed by atoms with E-state index in [1.807, 2.05) is 19.1 Å². The second-order valence-electron chi connectivity index (χ2n) is 6.11. The lowest BCUT2D eigenvalue weighted by Crippen LogP contribution is -2.48. The molecule has 1 heterocycles. The number of nitrogens with one attached hydrogen (secondary N) is 3. The van der Waals surface area contributed by atoms with E-state index < -0.39 is 5.54 Å². The Hall–Kier alpha value is -1.88. The van der Waals surface area contributed by atoms with Crippen molar-refractivity contribution in [2.75, 3.05) is 11.9 Å². The van der Waals surface area contributed by atoms with Gasteiger partial charge in [0.05, 0.1) is 16.8 Å². The fourth-order valence-electron chi connectivity index (χ4n) is 2.63. The van der Waals surface area contributed by atoms with Gasteiger partial charge < -0.3 is 16.0 Å². The van der Waals surface area contributed by atoms with Crippen LogP contribution in [0.2, 0.25) is 0 Å². The standard InChI is InChI=1S/C16H21N3O2/c1-16(9-4-10-17-16)15(21)19-13-6-3-2-5-12(13)14(20)18-11-7-8-11/h2-3,5-6,11,17H,4,7-10H2,1H3,(H,18,20)(H,19,21). The van der Waals surface area contributed by atoms with Crippen molar-refractivity contribution in [3.8, 4) is 0 Å². The Balaban J connectivity index is 1.75. The van der Waals surface area contributed by atoms with E-state index >= 15 is 0 Å². The van der Waals surface area contributed by atoms with Crippen molar-refractivity contribution in [1.29, 1.82) is 0 Å². The maximum atomic E-state index is 12.4. The number of anilines is 1. The van der Waals surface area contributed by atoms with Gasteiger partial charge in [-0.15, -0.1) is 0 Å². The maximum absolute atomic E-state index is 12.4. The van der Waals surface area contributed by atoms with Gasteiger partial charge in [0.25, 0.3) is 5.91 Å². The first kappa shape index (κ1) is 14.1. The molecule has 1 saturated heterocycles. The molecule has 1 atom stereocenters. The minimum absolute atomic E-state index is 0.0772. The molecule has 2 aliphatic rings. The van der Waals surface area contributed by atoms with E-state index in [9.17, 15) is 9.59 Å². The highest BCUT2D eigenvalue weighted by atomic mass is 16.2. The summed E-state index contributed by atoms with van der Waals surface area (Å²) in [6.45, 7) is 2.76. The van der Waals surface area contributed by atoms with Gasteiger partial charge in [0, 0.05) is 6.04 Å². The highest BCUT2D eigenvalue weighted by Crippen LogP contribution is 2.24. The van der Waals surface area contributed by atoms with E-state index in [0.29, 0.717) is 17.3 Å². The lowest BCUT2D eigenvalue weighted by atomic mass is 9.99. The van der Waals surface area contributed by atoms with Gasteiger partial charge in [0.15, 0.2) is 0 Å². The van der Waals surface area contributed by atoms with Crippen LogP contribution < -0.4 is 16.0 Å². The predicted molar refractivity (Wildman–Crippen MR) is 81.2 cm³/mol. The molecule has 3 N–H and O–H groups in total. The molecule has 21 heavy (non-hydrogen) atoms. The third-order valence-corrected chi connectivity index (χ3v) is 4.20. The van der Waals surface area contributed by atoms with Gasteiger partial charge in [-0.05, 0) is 51.3 Å². The summed E-state index contributed by atoms with van der Waals surface area (Å²) >= 11 is 0. The Morgan fingerprint density at radius 1 is 1.29 bits per heavy atom. The summed E-state index contributed by atoms with van der Waals surface area (Å²) in [5.41, 5.74) is 0.565. The summed E-state index contributed by atoms with van der Waals surface area (Å²) in [6, 6.07) is 7.46. The van der Waals surface area contributed by atoms with Crippen molar-refractivity contribution in [3.63, 3.8) is 0 Å². The Labute approximate surface area is 124 Å². The topological polar surface area (TPSA) is 70.2 Å². The van der Waals surface area contributed by atoms with Gasteiger partial charge in [-0.3, -0.25) is 9.59 Å². The third kappa shape index (κ3) is 3.08. The second kappa shape index (κ2) is 5.48. The van der Waals surface area contributed by atoms with Crippen molar-refractivity contribution in [1.82, 2.24) is 10.6 Å². The number of hydrogen-bond acceptors (Lipinski definition) is 3.